The zero-order valence-corrected chi connectivity index (χ0v) is 20.1. The quantitative estimate of drug-likeness (QED) is 0.426. The van der Waals surface area contributed by atoms with Crippen LogP contribution in [0.25, 0.3) is 17.0 Å². The van der Waals surface area contributed by atoms with Gasteiger partial charge >= 0.3 is 6.03 Å². The maximum atomic E-state index is 13.9. The molecule has 12 heteroatoms. The van der Waals surface area contributed by atoms with E-state index in [9.17, 15) is 13.6 Å². The van der Waals surface area contributed by atoms with Crippen LogP contribution in [0, 0.1) is 0 Å². The third-order valence-corrected chi connectivity index (χ3v) is 6.16. The van der Waals surface area contributed by atoms with Crippen molar-refractivity contribution in [3.63, 3.8) is 0 Å². The van der Waals surface area contributed by atoms with Crippen molar-refractivity contribution in [2.45, 2.75) is 32.3 Å². The summed E-state index contributed by atoms with van der Waals surface area (Å²) in [6.45, 7) is 1.73. The Balaban J connectivity index is 1.41. The standard InChI is InChI=1S/C23H21Cl2F2N5O3/c1-2-23(26,27)16-4-3-15(10-17(16)24)29-22(34)32-7-5-13(6-8-32)20-18(25)9-14(11-28-20)21-30-19(12-33)35-31-21/h3-5,9-11,33H,2,6-8,12H2,1H3,(H,29,34). The summed E-state index contributed by atoms with van der Waals surface area (Å²) >= 11 is 12.5. The first-order valence-corrected chi connectivity index (χ1v) is 11.5. The van der Waals surface area contributed by atoms with E-state index in [4.69, 9.17) is 32.8 Å². The average molecular weight is 524 g/mol. The molecule has 184 valence electrons. The number of carbonyl (C=O) groups is 1. The van der Waals surface area contributed by atoms with Crippen molar-refractivity contribution >= 4 is 40.5 Å². The number of hydrogen-bond donors (Lipinski definition) is 2. The fraction of sp³-hybridized carbons (Fsp3) is 0.304. The number of rotatable bonds is 6. The molecular formula is C23H21Cl2F2N5O3. The van der Waals surface area contributed by atoms with Crippen LogP contribution in [-0.4, -0.2) is 44.3 Å². The van der Waals surface area contributed by atoms with Crippen molar-refractivity contribution in [2.75, 3.05) is 18.4 Å². The molecule has 0 radical (unpaired) electrons. The van der Waals surface area contributed by atoms with E-state index >= 15 is 0 Å². The third kappa shape index (κ3) is 5.44. The van der Waals surface area contributed by atoms with Gasteiger partial charge in [-0.05, 0) is 36.3 Å². The lowest BCUT2D eigenvalue weighted by molar-refractivity contribution is -0.00815. The van der Waals surface area contributed by atoms with Gasteiger partial charge in [0.1, 0.15) is 6.61 Å². The molecule has 2 amide bonds. The Morgan fingerprint density at radius 1 is 1.29 bits per heavy atom. The number of nitrogens with zero attached hydrogens (tertiary/aromatic N) is 4. The Morgan fingerprint density at radius 2 is 2.09 bits per heavy atom. The van der Waals surface area contributed by atoms with E-state index < -0.39 is 5.92 Å². The van der Waals surface area contributed by atoms with Gasteiger partial charge in [0.2, 0.25) is 5.82 Å². The largest absolute Gasteiger partial charge is 0.387 e. The second kappa shape index (κ2) is 10.3. The monoisotopic (exact) mass is 523 g/mol. The molecule has 35 heavy (non-hydrogen) atoms. The highest BCUT2D eigenvalue weighted by Gasteiger charge is 2.31. The highest BCUT2D eigenvalue weighted by atomic mass is 35.5. The molecule has 1 aromatic carbocycles. The third-order valence-electron chi connectivity index (χ3n) is 5.56. The Bertz CT molecular complexity index is 1280. The zero-order valence-electron chi connectivity index (χ0n) is 18.6. The summed E-state index contributed by atoms with van der Waals surface area (Å²) in [4.78, 5) is 22.7. The molecule has 0 spiro atoms. The number of urea groups is 1. The van der Waals surface area contributed by atoms with Crippen LogP contribution in [0.4, 0.5) is 19.3 Å². The predicted octanol–water partition coefficient (Wildman–Crippen LogP) is 5.75. The van der Waals surface area contributed by atoms with Crippen molar-refractivity contribution in [2.24, 2.45) is 0 Å². The number of nitrogens with one attached hydrogen (secondary N) is 1. The van der Waals surface area contributed by atoms with Crippen LogP contribution >= 0.6 is 23.2 Å². The molecule has 3 heterocycles. The molecule has 1 aliphatic rings. The molecule has 4 rings (SSSR count). The van der Waals surface area contributed by atoms with Crippen molar-refractivity contribution < 1.29 is 23.2 Å². The number of pyridine rings is 1. The van der Waals surface area contributed by atoms with Gasteiger partial charge in [0, 0.05) is 42.5 Å². The molecule has 0 atom stereocenters. The van der Waals surface area contributed by atoms with Crippen LogP contribution in [0.5, 0.6) is 0 Å². The molecular weight excluding hydrogens is 503 g/mol. The lowest BCUT2D eigenvalue weighted by Crippen LogP contribution is -2.38. The highest BCUT2D eigenvalue weighted by Crippen LogP contribution is 2.37. The molecule has 2 aromatic heterocycles. The number of aliphatic hydroxyl groups is 1. The summed E-state index contributed by atoms with van der Waals surface area (Å²) in [5, 5.41) is 15.8. The number of alkyl halides is 2. The second-order valence-corrected chi connectivity index (χ2v) is 8.65. The van der Waals surface area contributed by atoms with E-state index in [-0.39, 0.29) is 41.4 Å². The second-order valence-electron chi connectivity index (χ2n) is 7.83. The van der Waals surface area contributed by atoms with Crippen LogP contribution in [0.3, 0.4) is 0 Å². The van der Waals surface area contributed by atoms with Crippen LogP contribution in [0.1, 0.15) is 36.9 Å². The first-order valence-electron chi connectivity index (χ1n) is 10.7. The molecule has 0 saturated heterocycles. The van der Waals surface area contributed by atoms with Crippen LogP contribution < -0.4 is 5.32 Å². The summed E-state index contributed by atoms with van der Waals surface area (Å²) in [5.41, 5.74) is 2.07. The number of carbonyl (C=O) groups excluding carboxylic acids is 1. The van der Waals surface area contributed by atoms with Crippen LogP contribution in [-0.2, 0) is 12.5 Å². The van der Waals surface area contributed by atoms with Gasteiger partial charge in [-0.15, -0.1) is 0 Å². The number of halogens is 4. The number of aliphatic hydroxyl groups excluding tert-OH is 1. The van der Waals surface area contributed by atoms with Crippen LogP contribution in [0.2, 0.25) is 10.0 Å². The maximum absolute atomic E-state index is 13.9. The minimum Gasteiger partial charge on any atom is -0.387 e. The molecule has 1 aliphatic heterocycles. The molecule has 0 aliphatic carbocycles. The minimum atomic E-state index is -3.03. The number of benzene rings is 1. The van der Waals surface area contributed by atoms with Gasteiger partial charge in [0.05, 0.1) is 15.7 Å². The zero-order chi connectivity index (χ0) is 25.2. The molecule has 2 N–H and O–H groups in total. The van der Waals surface area contributed by atoms with E-state index in [1.54, 1.807) is 17.2 Å². The summed E-state index contributed by atoms with van der Waals surface area (Å²) in [6.07, 6.45) is 3.55. The summed E-state index contributed by atoms with van der Waals surface area (Å²) < 4.78 is 32.8. The number of aromatic nitrogens is 3. The van der Waals surface area contributed by atoms with Gasteiger partial charge in [-0.1, -0.05) is 41.4 Å². The Morgan fingerprint density at radius 3 is 2.69 bits per heavy atom. The van der Waals surface area contributed by atoms with E-state index in [0.717, 1.165) is 5.57 Å². The molecule has 0 saturated carbocycles. The highest BCUT2D eigenvalue weighted by molar-refractivity contribution is 6.32. The van der Waals surface area contributed by atoms with E-state index in [2.05, 4.69) is 20.4 Å². The average Bonchev–Trinajstić information content (AvgIpc) is 3.33. The van der Waals surface area contributed by atoms with Gasteiger partial charge in [0.25, 0.3) is 11.8 Å². The summed E-state index contributed by atoms with van der Waals surface area (Å²) in [7, 11) is 0. The first kappa shape index (κ1) is 25.0. The van der Waals surface area contributed by atoms with Crippen molar-refractivity contribution in [3.05, 3.63) is 63.7 Å². The first-order chi connectivity index (χ1) is 16.7. The topological polar surface area (TPSA) is 104 Å². The lowest BCUT2D eigenvalue weighted by Gasteiger charge is -2.27. The SMILES string of the molecule is CCC(F)(F)c1ccc(NC(=O)N2CC=C(c3ncc(-c4noc(CO)n4)cc3Cl)CC2)cc1Cl. The number of hydrogen-bond acceptors (Lipinski definition) is 6. The number of anilines is 1. The molecule has 0 fully saturated rings. The molecule has 3 aromatic rings. The molecule has 0 unspecified atom stereocenters. The van der Waals surface area contributed by atoms with Crippen molar-refractivity contribution in [3.8, 4) is 11.4 Å². The minimum absolute atomic E-state index is 0.0886. The van der Waals surface area contributed by atoms with Crippen molar-refractivity contribution in [1.29, 1.82) is 0 Å². The Kier molecular flexibility index (Phi) is 7.34. The molecule has 8 nitrogen and oxygen atoms in total. The van der Waals surface area contributed by atoms with Gasteiger partial charge in [-0.25, -0.2) is 13.6 Å². The summed E-state index contributed by atoms with van der Waals surface area (Å²) in [5.74, 6) is -2.68. The smallest absolute Gasteiger partial charge is 0.322 e. The van der Waals surface area contributed by atoms with Gasteiger partial charge in [0.15, 0.2) is 0 Å². The molecule has 0 bridgehead atoms. The predicted molar refractivity (Wildman–Crippen MR) is 127 cm³/mol. The van der Waals surface area contributed by atoms with Crippen molar-refractivity contribution in [1.82, 2.24) is 20.0 Å². The van der Waals surface area contributed by atoms with E-state index in [0.29, 0.717) is 41.5 Å². The Hall–Kier alpha value is -3.08. The summed E-state index contributed by atoms with van der Waals surface area (Å²) in [6, 6.07) is 5.24. The van der Waals surface area contributed by atoms with E-state index in [1.165, 1.54) is 25.1 Å². The Labute approximate surface area is 209 Å². The van der Waals surface area contributed by atoms with Crippen LogP contribution in [0.15, 0.2) is 41.1 Å². The van der Waals surface area contributed by atoms with E-state index in [1.807, 2.05) is 6.08 Å². The maximum Gasteiger partial charge on any atom is 0.322 e. The van der Waals surface area contributed by atoms with Gasteiger partial charge in [-0.2, -0.15) is 4.98 Å². The fourth-order valence-corrected chi connectivity index (χ4v) is 4.19. The fourth-order valence-electron chi connectivity index (χ4n) is 3.58. The number of amides is 2. The lowest BCUT2D eigenvalue weighted by atomic mass is 10.0. The van der Waals surface area contributed by atoms with Gasteiger partial charge in [-0.3, -0.25) is 4.98 Å². The normalized spacial score (nSPS) is 14.1. The van der Waals surface area contributed by atoms with Gasteiger partial charge < -0.3 is 19.8 Å².